The largest absolute Gasteiger partial charge is 0.322 e. The number of hydrogen-bond donors (Lipinski definition) is 2. The SMILES string of the molecule is CCCCN(CC(=O)Nc1cc(C(C)(C)C)nn1-c1ccc(C)cc1)C(=O)Nc1cccc(C)c1C. The monoisotopic (exact) mass is 489 g/mol. The molecule has 0 saturated carbocycles. The molecule has 2 N–H and O–H groups in total. The molecular weight excluding hydrogens is 450 g/mol. The van der Waals surface area contributed by atoms with E-state index in [4.69, 9.17) is 5.10 Å². The third kappa shape index (κ3) is 6.74. The van der Waals surface area contributed by atoms with Gasteiger partial charge in [-0.2, -0.15) is 5.10 Å². The quantitative estimate of drug-likeness (QED) is 0.386. The zero-order valence-corrected chi connectivity index (χ0v) is 22.6. The van der Waals surface area contributed by atoms with Crippen molar-refractivity contribution in [1.82, 2.24) is 14.7 Å². The number of unbranched alkanes of at least 4 members (excludes halogenated alkanes) is 1. The van der Waals surface area contributed by atoms with Gasteiger partial charge >= 0.3 is 6.03 Å². The second-order valence-corrected chi connectivity index (χ2v) is 10.4. The fraction of sp³-hybridized carbons (Fsp3) is 0.414. The fourth-order valence-electron chi connectivity index (χ4n) is 3.76. The number of carbonyl (C=O) groups is 2. The van der Waals surface area contributed by atoms with Gasteiger partial charge < -0.3 is 15.5 Å². The Labute approximate surface area is 214 Å². The first-order valence-electron chi connectivity index (χ1n) is 12.6. The van der Waals surface area contributed by atoms with Crippen molar-refractivity contribution in [3.05, 3.63) is 70.9 Å². The van der Waals surface area contributed by atoms with Crippen LogP contribution >= 0.6 is 0 Å². The molecule has 0 aliphatic heterocycles. The van der Waals surface area contributed by atoms with E-state index in [9.17, 15) is 9.59 Å². The maximum absolute atomic E-state index is 13.2. The third-order valence-electron chi connectivity index (χ3n) is 6.27. The lowest BCUT2D eigenvalue weighted by Gasteiger charge is -2.23. The number of aryl methyl sites for hydroxylation is 2. The number of aromatic nitrogens is 2. The average molecular weight is 490 g/mol. The first-order chi connectivity index (χ1) is 17.0. The highest BCUT2D eigenvalue weighted by Gasteiger charge is 2.23. The van der Waals surface area contributed by atoms with Gasteiger partial charge in [0.1, 0.15) is 12.4 Å². The summed E-state index contributed by atoms with van der Waals surface area (Å²) < 4.78 is 1.75. The number of anilines is 2. The van der Waals surface area contributed by atoms with Crippen molar-refractivity contribution in [2.45, 2.75) is 66.7 Å². The van der Waals surface area contributed by atoms with Crippen LogP contribution in [0.5, 0.6) is 0 Å². The first kappa shape index (κ1) is 27.0. The van der Waals surface area contributed by atoms with E-state index in [0.29, 0.717) is 12.4 Å². The van der Waals surface area contributed by atoms with Crippen molar-refractivity contribution >= 4 is 23.4 Å². The van der Waals surface area contributed by atoms with Crippen LogP contribution in [-0.2, 0) is 10.2 Å². The number of nitrogens with one attached hydrogen (secondary N) is 2. The number of benzene rings is 2. The fourth-order valence-corrected chi connectivity index (χ4v) is 3.76. The Balaban J connectivity index is 1.81. The Morgan fingerprint density at radius 3 is 2.33 bits per heavy atom. The molecule has 3 rings (SSSR count). The van der Waals surface area contributed by atoms with Gasteiger partial charge in [-0.05, 0) is 56.5 Å². The van der Waals surface area contributed by atoms with Crippen molar-refractivity contribution in [1.29, 1.82) is 0 Å². The van der Waals surface area contributed by atoms with Crippen LogP contribution < -0.4 is 10.6 Å². The van der Waals surface area contributed by atoms with Crippen LogP contribution in [0.4, 0.5) is 16.3 Å². The lowest BCUT2D eigenvalue weighted by Crippen LogP contribution is -2.41. The molecule has 0 radical (unpaired) electrons. The summed E-state index contributed by atoms with van der Waals surface area (Å²) in [4.78, 5) is 27.9. The molecule has 2 aromatic carbocycles. The van der Waals surface area contributed by atoms with Gasteiger partial charge in [0.05, 0.1) is 11.4 Å². The summed E-state index contributed by atoms with van der Waals surface area (Å²) >= 11 is 0. The van der Waals surface area contributed by atoms with Gasteiger partial charge in [0, 0.05) is 23.7 Å². The van der Waals surface area contributed by atoms with Crippen LogP contribution in [0.15, 0.2) is 48.5 Å². The molecule has 3 aromatic rings. The number of hydrogen-bond acceptors (Lipinski definition) is 3. The Bertz CT molecular complexity index is 1210. The molecule has 3 amide bonds. The van der Waals surface area contributed by atoms with Crippen molar-refractivity contribution < 1.29 is 9.59 Å². The van der Waals surface area contributed by atoms with Crippen molar-refractivity contribution in [2.75, 3.05) is 23.7 Å². The molecule has 0 spiro atoms. The van der Waals surface area contributed by atoms with Crippen LogP contribution in [0.2, 0.25) is 0 Å². The summed E-state index contributed by atoms with van der Waals surface area (Å²) in [7, 11) is 0. The van der Waals surface area contributed by atoms with Crippen molar-refractivity contribution in [3.8, 4) is 5.69 Å². The number of carbonyl (C=O) groups excluding carboxylic acids is 2. The molecule has 7 heteroatoms. The first-order valence-corrected chi connectivity index (χ1v) is 12.6. The summed E-state index contributed by atoms with van der Waals surface area (Å²) in [5, 5.41) is 10.8. The Kier molecular flexibility index (Phi) is 8.56. The smallest absolute Gasteiger partial charge is 0.315 e. The Morgan fingerprint density at radius 1 is 1.00 bits per heavy atom. The highest BCUT2D eigenvalue weighted by atomic mass is 16.2. The summed E-state index contributed by atoms with van der Waals surface area (Å²) in [6.45, 7) is 14.8. The molecule has 0 fully saturated rings. The number of rotatable bonds is 8. The zero-order chi connectivity index (χ0) is 26.5. The Hall–Kier alpha value is -3.61. The topological polar surface area (TPSA) is 79.3 Å². The van der Waals surface area contributed by atoms with Gasteiger partial charge in [-0.3, -0.25) is 4.79 Å². The highest BCUT2D eigenvalue weighted by molar-refractivity contribution is 5.97. The summed E-state index contributed by atoms with van der Waals surface area (Å²) in [5.41, 5.74) is 5.57. The predicted molar refractivity (Wildman–Crippen MR) is 147 cm³/mol. The van der Waals surface area contributed by atoms with Crippen molar-refractivity contribution in [2.24, 2.45) is 0 Å². The summed E-state index contributed by atoms with van der Waals surface area (Å²) in [6, 6.07) is 15.4. The zero-order valence-electron chi connectivity index (χ0n) is 22.6. The number of amides is 3. The molecule has 0 unspecified atom stereocenters. The second kappa shape index (κ2) is 11.4. The molecule has 0 aliphatic carbocycles. The molecule has 0 saturated heterocycles. The van der Waals surface area contributed by atoms with E-state index < -0.39 is 0 Å². The van der Waals surface area contributed by atoms with E-state index in [1.54, 1.807) is 9.58 Å². The summed E-state index contributed by atoms with van der Waals surface area (Å²) in [6.07, 6.45) is 1.73. The molecule has 1 aromatic heterocycles. The molecule has 36 heavy (non-hydrogen) atoms. The third-order valence-corrected chi connectivity index (χ3v) is 6.27. The second-order valence-electron chi connectivity index (χ2n) is 10.4. The standard InChI is InChI=1S/C29H39N5O2/c1-8-9-17-33(28(36)30-24-12-10-11-21(3)22(24)4)19-27(35)31-26-18-25(29(5,6)7)32-34(26)23-15-13-20(2)14-16-23/h10-16,18H,8-9,17,19H2,1-7H3,(H,30,36)(H,31,35). The maximum Gasteiger partial charge on any atom is 0.322 e. The lowest BCUT2D eigenvalue weighted by molar-refractivity contribution is -0.116. The Morgan fingerprint density at radius 2 is 1.69 bits per heavy atom. The molecule has 0 bridgehead atoms. The van der Waals surface area contributed by atoms with E-state index in [1.807, 2.05) is 69.3 Å². The number of urea groups is 1. The minimum atomic E-state index is -0.283. The number of nitrogens with zero attached hydrogens (tertiary/aromatic N) is 3. The molecule has 0 aliphatic rings. The van der Waals surface area contributed by atoms with Crippen molar-refractivity contribution in [3.63, 3.8) is 0 Å². The van der Waals surface area contributed by atoms with E-state index in [1.165, 1.54) is 0 Å². The molecular formula is C29H39N5O2. The van der Waals surface area contributed by atoms with Gasteiger partial charge in [0.15, 0.2) is 0 Å². The molecule has 192 valence electrons. The van der Waals surface area contributed by atoms with Crippen LogP contribution in [0.25, 0.3) is 5.69 Å². The minimum absolute atomic E-state index is 0.0549. The lowest BCUT2D eigenvalue weighted by atomic mass is 9.92. The van der Waals surface area contributed by atoms with E-state index in [2.05, 4.69) is 38.3 Å². The molecule has 1 heterocycles. The van der Waals surface area contributed by atoms with Gasteiger partial charge in [0.25, 0.3) is 0 Å². The van der Waals surface area contributed by atoms with Crippen LogP contribution in [0.3, 0.4) is 0 Å². The molecule has 7 nitrogen and oxygen atoms in total. The predicted octanol–water partition coefficient (Wildman–Crippen LogP) is 6.37. The van der Waals surface area contributed by atoms with Crippen LogP contribution in [0, 0.1) is 20.8 Å². The van der Waals surface area contributed by atoms with Gasteiger partial charge in [-0.1, -0.05) is 63.9 Å². The van der Waals surface area contributed by atoms with Crippen LogP contribution in [-0.4, -0.2) is 39.7 Å². The van der Waals surface area contributed by atoms with Gasteiger partial charge in [0.2, 0.25) is 5.91 Å². The van der Waals surface area contributed by atoms with E-state index in [-0.39, 0.29) is 23.9 Å². The van der Waals surface area contributed by atoms with E-state index >= 15 is 0 Å². The summed E-state index contributed by atoms with van der Waals surface area (Å²) in [5.74, 6) is 0.315. The highest BCUT2D eigenvalue weighted by Crippen LogP contribution is 2.26. The average Bonchev–Trinajstić information content (AvgIpc) is 3.24. The van der Waals surface area contributed by atoms with Gasteiger partial charge in [-0.25, -0.2) is 9.48 Å². The minimum Gasteiger partial charge on any atom is -0.315 e. The maximum atomic E-state index is 13.2. The van der Waals surface area contributed by atoms with E-state index in [0.717, 1.165) is 46.6 Å². The van der Waals surface area contributed by atoms with Gasteiger partial charge in [-0.15, -0.1) is 0 Å². The normalized spacial score (nSPS) is 11.3. The molecule has 0 atom stereocenters. The van der Waals surface area contributed by atoms with Crippen LogP contribution in [0.1, 0.15) is 62.9 Å².